The van der Waals surface area contributed by atoms with Gasteiger partial charge in [0.25, 0.3) is 0 Å². The first-order valence-electron chi connectivity index (χ1n) is 5.38. The normalized spacial score (nSPS) is 15.0. The highest BCUT2D eigenvalue weighted by molar-refractivity contribution is 7.09. The molecule has 0 saturated heterocycles. The van der Waals surface area contributed by atoms with Crippen LogP contribution in [-0.4, -0.2) is 30.9 Å². The number of alkyl halides is 1. The van der Waals surface area contributed by atoms with Crippen molar-refractivity contribution < 1.29 is 9.13 Å². The van der Waals surface area contributed by atoms with Crippen molar-refractivity contribution in [1.82, 2.24) is 4.98 Å². The molecule has 0 aliphatic rings. The van der Waals surface area contributed by atoms with E-state index in [0.29, 0.717) is 25.8 Å². The maximum absolute atomic E-state index is 14.5. The predicted molar refractivity (Wildman–Crippen MR) is 64.6 cm³/mol. The number of thiazole rings is 1. The minimum Gasteiger partial charge on any atom is -0.381 e. The van der Waals surface area contributed by atoms with Crippen LogP contribution >= 0.6 is 11.3 Å². The molecule has 16 heavy (non-hydrogen) atoms. The summed E-state index contributed by atoms with van der Waals surface area (Å²) in [5, 5.41) is 2.87. The summed E-state index contributed by atoms with van der Waals surface area (Å²) in [4.78, 5) is 4.28. The van der Waals surface area contributed by atoms with Crippen molar-refractivity contribution in [2.24, 2.45) is 5.73 Å². The van der Waals surface area contributed by atoms with E-state index in [9.17, 15) is 4.39 Å². The van der Waals surface area contributed by atoms with Crippen molar-refractivity contribution in [3.63, 3.8) is 0 Å². The quantitative estimate of drug-likeness (QED) is 0.801. The number of aryl methyl sites for hydroxylation is 1. The number of hydrogen-bond acceptors (Lipinski definition) is 4. The minimum absolute atomic E-state index is 0.101. The molecule has 92 valence electrons. The molecule has 2 N–H and O–H groups in total. The average molecular weight is 246 g/mol. The Morgan fingerprint density at radius 2 is 2.38 bits per heavy atom. The number of nitrogens with two attached hydrogens (primary N) is 1. The Labute approximate surface area is 99.8 Å². The van der Waals surface area contributed by atoms with Gasteiger partial charge in [-0.25, -0.2) is 9.37 Å². The van der Waals surface area contributed by atoms with Crippen molar-refractivity contribution in [3.8, 4) is 0 Å². The molecule has 3 nitrogen and oxygen atoms in total. The molecule has 1 atom stereocenters. The first-order valence-corrected chi connectivity index (χ1v) is 6.26. The van der Waals surface area contributed by atoms with E-state index in [1.54, 1.807) is 11.3 Å². The van der Waals surface area contributed by atoms with Crippen molar-refractivity contribution >= 4 is 11.3 Å². The summed E-state index contributed by atoms with van der Waals surface area (Å²) in [6.45, 7) is 2.53. The molecular formula is C11H19FN2OS. The third-order valence-electron chi connectivity index (χ3n) is 2.40. The van der Waals surface area contributed by atoms with E-state index in [2.05, 4.69) is 4.98 Å². The fourth-order valence-corrected chi connectivity index (χ4v) is 2.32. The van der Waals surface area contributed by atoms with Gasteiger partial charge in [0, 0.05) is 18.9 Å². The summed E-state index contributed by atoms with van der Waals surface area (Å²) in [7, 11) is 1.52. The maximum Gasteiger partial charge on any atom is 0.139 e. The SMILES string of the molecule is COCC(F)(CCCN)Cc1csc(C)n1. The Balaban J connectivity index is 2.62. The fraction of sp³-hybridized carbons (Fsp3) is 0.727. The number of halogens is 1. The van der Waals surface area contributed by atoms with Crippen LogP contribution < -0.4 is 5.73 Å². The van der Waals surface area contributed by atoms with E-state index in [1.165, 1.54) is 7.11 Å². The Bertz CT molecular complexity index is 319. The summed E-state index contributed by atoms with van der Waals surface area (Å²) in [6.07, 6.45) is 1.40. The highest BCUT2D eigenvalue weighted by Crippen LogP contribution is 2.25. The van der Waals surface area contributed by atoms with Gasteiger partial charge < -0.3 is 10.5 Å². The van der Waals surface area contributed by atoms with Crippen LogP contribution in [0.5, 0.6) is 0 Å². The molecule has 0 fully saturated rings. The van der Waals surface area contributed by atoms with E-state index in [-0.39, 0.29) is 6.61 Å². The minimum atomic E-state index is -1.34. The third kappa shape index (κ3) is 4.15. The molecule has 0 saturated carbocycles. The standard InChI is InChI=1S/C11H19FN2OS/c1-9-14-10(7-16-9)6-11(12,8-15-2)4-3-5-13/h7H,3-6,8,13H2,1-2H3. The molecule has 0 amide bonds. The van der Waals surface area contributed by atoms with Crippen molar-refractivity contribution in [1.29, 1.82) is 0 Å². The van der Waals surface area contributed by atoms with Crippen LogP contribution in [-0.2, 0) is 11.2 Å². The van der Waals surface area contributed by atoms with Gasteiger partial charge in [0.15, 0.2) is 0 Å². The zero-order valence-electron chi connectivity index (χ0n) is 9.83. The van der Waals surface area contributed by atoms with Crippen LogP contribution in [0, 0.1) is 6.92 Å². The lowest BCUT2D eigenvalue weighted by atomic mass is 9.95. The Morgan fingerprint density at radius 3 is 2.88 bits per heavy atom. The smallest absolute Gasteiger partial charge is 0.139 e. The molecule has 0 aliphatic heterocycles. The Morgan fingerprint density at radius 1 is 1.62 bits per heavy atom. The number of rotatable bonds is 7. The Kier molecular flexibility index (Phi) is 5.31. The largest absolute Gasteiger partial charge is 0.381 e. The molecule has 1 rings (SSSR count). The van der Waals surface area contributed by atoms with Crippen molar-refractivity contribution in [2.45, 2.75) is 31.9 Å². The summed E-state index contributed by atoms with van der Waals surface area (Å²) < 4.78 is 19.4. The second-order valence-corrected chi connectivity index (χ2v) is 5.07. The second kappa shape index (κ2) is 6.27. The number of methoxy groups -OCH3 is 1. The third-order valence-corrected chi connectivity index (χ3v) is 3.22. The first-order chi connectivity index (χ1) is 7.59. The highest BCUT2D eigenvalue weighted by atomic mass is 32.1. The molecule has 0 aliphatic carbocycles. The van der Waals surface area contributed by atoms with Crippen LogP contribution in [0.4, 0.5) is 4.39 Å². The molecule has 1 heterocycles. The lowest BCUT2D eigenvalue weighted by Gasteiger charge is -2.23. The van der Waals surface area contributed by atoms with Gasteiger partial charge in [-0.1, -0.05) is 0 Å². The summed E-state index contributed by atoms with van der Waals surface area (Å²) in [6, 6.07) is 0. The van der Waals surface area contributed by atoms with Crippen LogP contribution in [0.3, 0.4) is 0 Å². The second-order valence-electron chi connectivity index (χ2n) is 4.01. The zero-order chi connectivity index (χ0) is 12.0. The highest BCUT2D eigenvalue weighted by Gasteiger charge is 2.30. The van der Waals surface area contributed by atoms with Gasteiger partial charge in [0.1, 0.15) is 5.67 Å². The van der Waals surface area contributed by atoms with Gasteiger partial charge in [-0.15, -0.1) is 11.3 Å². The van der Waals surface area contributed by atoms with Gasteiger partial charge in [0.2, 0.25) is 0 Å². The number of aromatic nitrogens is 1. The van der Waals surface area contributed by atoms with E-state index in [4.69, 9.17) is 10.5 Å². The van der Waals surface area contributed by atoms with Gasteiger partial charge in [-0.2, -0.15) is 0 Å². The van der Waals surface area contributed by atoms with E-state index in [1.807, 2.05) is 12.3 Å². The number of hydrogen-bond donors (Lipinski definition) is 1. The molecule has 0 radical (unpaired) electrons. The lowest BCUT2D eigenvalue weighted by Crippen LogP contribution is -2.32. The van der Waals surface area contributed by atoms with Crippen LogP contribution in [0.25, 0.3) is 0 Å². The topological polar surface area (TPSA) is 48.1 Å². The van der Waals surface area contributed by atoms with Crippen LogP contribution in [0.15, 0.2) is 5.38 Å². The fourth-order valence-electron chi connectivity index (χ4n) is 1.70. The van der Waals surface area contributed by atoms with Gasteiger partial charge in [-0.05, 0) is 26.3 Å². The molecule has 1 aromatic rings. The van der Waals surface area contributed by atoms with Crippen LogP contribution in [0.2, 0.25) is 0 Å². The summed E-state index contributed by atoms with van der Waals surface area (Å²) in [5.41, 5.74) is 4.87. The maximum atomic E-state index is 14.5. The number of ether oxygens (including phenoxy) is 1. The average Bonchev–Trinajstić information content (AvgIpc) is 2.61. The molecule has 1 aromatic heterocycles. The van der Waals surface area contributed by atoms with Gasteiger partial charge in [-0.3, -0.25) is 0 Å². The van der Waals surface area contributed by atoms with E-state index in [0.717, 1.165) is 10.7 Å². The zero-order valence-corrected chi connectivity index (χ0v) is 10.6. The summed E-state index contributed by atoms with van der Waals surface area (Å²) >= 11 is 1.54. The molecular weight excluding hydrogens is 227 g/mol. The van der Waals surface area contributed by atoms with Gasteiger partial charge >= 0.3 is 0 Å². The molecule has 0 aromatic carbocycles. The lowest BCUT2D eigenvalue weighted by molar-refractivity contribution is 0.0328. The van der Waals surface area contributed by atoms with E-state index >= 15 is 0 Å². The predicted octanol–water partition coefficient (Wildman–Crippen LogP) is 2.09. The Hall–Kier alpha value is -0.520. The molecule has 1 unspecified atom stereocenters. The van der Waals surface area contributed by atoms with E-state index < -0.39 is 5.67 Å². The van der Waals surface area contributed by atoms with Crippen molar-refractivity contribution in [2.75, 3.05) is 20.3 Å². The van der Waals surface area contributed by atoms with Crippen LogP contribution in [0.1, 0.15) is 23.5 Å². The van der Waals surface area contributed by atoms with Crippen molar-refractivity contribution in [3.05, 3.63) is 16.1 Å². The monoisotopic (exact) mass is 246 g/mol. The summed E-state index contributed by atoms with van der Waals surface area (Å²) in [5.74, 6) is 0. The number of nitrogens with zero attached hydrogens (tertiary/aromatic N) is 1. The molecule has 5 heteroatoms. The molecule has 0 spiro atoms. The van der Waals surface area contributed by atoms with Gasteiger partial charge in [0.05, 0.1) is 17.3 Å². The molecule has 0 bridgehead atoms. The first kappa shape index (κ1) is 13.5.